The zero-order valence-electron chi connectivity index (χ0n) is 11.0. The van der Waals surface area contributed by atoms with E-state index in [2.05, 4.69) is 15.4 Å². The minimum absolute atomic E-state index is 0.783. The Kier molecular flexibility index (Phi) is 2.54. The van der Waals surface area contributed by atoms with Gasteiger partial charge in [-0.15, -0.1) is 0 Å². The highest BCUT2D eigenvalue weighted by Crippen LogP contribution is 2.29. The van der Waals surface area contributed by atoms with Gasteiger partial charge in [-0.2, -0.15) is 5.10 Å². The van der Waals surface area contributed by atoms with Gasteiger partial charge in [0.1, 0.15) is 5.82 Å². The average molecular weight is 243 g/mol. The molecule has 0 bridgehead atoms. The highest BCUT2D eigenvalue weighted by atomic mass is 15.3. The van der Waals surface area contributed by atoms with Crippen molar-refractivity contribution < 1.29 is 0 Å². The number of anilines is 1. The molecule has 0 saturated heterocycles. The number of fused-ring (bicyclic) bond motifs is 1. The summed E-state index contributed by atoms with van der Waals surface area (Å²) in [5.41, 5.74) is 4.58. The molecule has 0 saturated carbocycles. The summed E-state index contributed by atoms with van der Waals surface area (Å²) in [5.74, 6) is 1.75. The summed E-state index contributed by atoms with van der Waals surface area (Å²) in [6.07, 6.45) is 5.15. The number of nitrogens with zero attached hydrogens (tertiary/aromatic N) is 4. The maximum atomic E-state index is 4.70. The molecule has 2 aromatic heterocycles. The molecule has 0 spiro atoms. The van der Waals surface area contributed by atoms with Crippen LogP contribution < -0.4 is 5.32 Å². The normalized spacial score (nSPS) is 13.7. The first-order chi connectivity index (χ1) is 8.70. The van der Waals surface area contributed by atoms with Crippen molar-refractivity contribution in [3.05, 3.63) is 23.1 Å². The van der Waals surface area contributed by atoms with Gasteiger partial charge in [0.2, 0.25) is 0 Å². The van der Waals surface area contributed by atoms with Crippen LogP contribution in [0.4, 0.5) is 5.82 Å². The lowest BCUT2D eigenvalue weighted by atomic mass is 10.2. The van der Waals surface area contributed by atoms with Crippen LogP contribution in [0.15, 0.2) is 6.20 Å². The molecular formula is C13H17N5. The minimum Gasteiger partial charge on any atom is -0.373 e. The fourth-order valence-electron chi connectivity index (χ4n) is 2.48. The van der Waals surface area contributed by atoms with Crippen LogP contribution >= 0.6 is 0 Å². The first-order valence-corrected chi connectivity index (χ1v) is 6.27. The zero-order chi connectivity index (χ0) is 12.7. The molecule has 0 fully saturated rings. The molecule has 0 aliphatic heterocycles. The van der Waals surface area contributed by atoms with E-state index in [1.807, 2.05) is 31.9 Å². The van der Waals surface area contributed by atoms with Crippen LogP contribution in [0.3, 0.4) is 0 Å². The third kappa shape index (κ3) is 1.58. The monoisotopic (exact) mass is 243 g/mol. The second-order valence-corrected chi connectivity index (χ2v) is 4.69. The van der Waals surface area contributed by atoms with Crippen molar-refractivity contribution in [2.45, 2.75) is 26.2 Å². The Bertz CT molecular complexity index is 600. The molecule has 0 amide bonds. The first kappa shape index (κ1) is 11.2. The molecule has 0 aromatic carbocycles. The molecule has 3 rings (SSSR count). The quantitative estimate of drug-likeness (QED) is 0.872. The van der Waals surface area contributed by atoms with Crippen molar-refractivity contribution in [3.63, 3.8) is 0 Å². The van der Waals surface area contributed by atoms with Crippen LogP contribution in [-0.4, -0.2) is 26.8 Å². The zero-order valence-corrected chi connectivity index (χ0v) is 11.0. The molecule has 0 unspecified atom stereocenters. The summed E-state index contributed by atoms with van der Waals surface area (Å²) in [7, 11) is 3.85. The van der Waals surface area contributed by atoms with Gasteiger partial charge in [-0.05, 0) is 26.2 Å². The van der Waals surface area contributed by atoms with Crippen LogP contribution in [0.1, 0.15) is 23.4 Å². The topological polar surface area (TPSA) is 55.6 Å². The Labute approximate surface area is 106 Å². The summed E-state index contributed by atoms with van der Waals surface area (Å²) in [6.45, 7) is 2.04. The first-order valence-electron chi connectivity index (χ1n) is 6.27. The third-order valence-corrected chi connectivity index (χ3v) is 3.65. The lowest BCUT2D eigenvalue weighted by Gasteiger charge is -2.09. The number of hydrogen-bond acceptors (Lipinski definition) is 4. The van der Waals surface area contributed by atoms with Crippen LogP contribution in [0, 0.1) is 6.92 Å². The fraction of sp³-hybridized carbons (Fsp3) is 0.462. The summed E-state index contributed by atoms with van der Waals surface area (Å²) in [5, 5.41) is 7.44. The molecule has 1 N–H and O–H groups in total. The van der Waals surface area contributed by atoms with E-state index in [9.17, 15) is 0 Å². The highest BCUT2D eigenvalue weighted by molar-refractivity contribution is 5.62. The molecule has 2 aromatic rings. The maximum absolute atomic E-state index is 4.70. The molecular weight excluding hydrogens is 226 g/mol. The van der Waals surface area contributed by atoms with Gasteiger partial charge in [0.15, 0.2) is 5.82 Å². The van der Waals surface area contributed by atoms with Gasteiger partial charge < -0.3 is 5.32 Å². The van der Waals surface area contributed by atoms with Crippen LogP contribution in [0.5, 0.6) is 0 Å². The second kappa shape index (κ2) is 4.08. The smallest absolute Gasteiger partial charge is 0.165 e. The van der Waals surface area contributed by atoms with Gasteiger partial charge in [0, 0.05) is 31.0 Å². The van der Waals surface area contributed by atoms with E-state index >= 15 is 0 Å². The number of aromatic nitrogens is 4. The Morgan fingerprint density at radius 3 is 2.78 bits per heavy atom. The molecule has 2 heterocycles. The number of hydrogen-bond donors (Lipinski definition) is 1. The van der Waals surface area contributed by atoms with Gasteiger partial charge >= 0.3 is 0 Å². The predicted molar refractivity (Wildman–Crippen MR) is 70.5 cm³/mol. The SMILES string of the molecule is CNc1nc(-c2cnn(C)c2C)nc2c1CCC2. The van der Waals surface area contributed by atoms with Gasteiger partial charge in [-0.1, -0.05) is 0 Å². The highest BCUT2D eigenvalue weighted by Gasteiger charge is 2.20. The summed E-state index contributed by atoms with van der Waals surface area (Å²) >= 11 is 0. The van der Waals surface area contributed by atoms with E-state index in [-0.39, 0.29) is 0 Å². The van der Waals surface area contributed by atoms with Crippen LogP contribution in [-0.2, 0) is 19.9 Å². The molecule has 18 heavy (non-hydrogen) atoms. The van der Waals surface area contributed by atoms with Crippen molar-refractivity contribution in [1.29, 1.82) is 0 Å². The lowest BCUT2D eigenvalue weighted by Crippen LogP contribution is -2.04. The maximum Gasteiger partial charge on any atom is 0.165 e. The Morgan fingerprint density at radius 2 is 2.11 bits per heavy atom. The molecule has 0 radical (unpaired) electrons. The lowest BCUT2D eigenvalue weighted by molar-refractivity contribution is 0.740. The molecule has 1 aliphatic rings. The number of nitrogens with one attached hydrogen (secondary N) is 1. The van der Waals surface area contributed by atoms with E-state index in [1.54, 1.807) is 0 Å². The third-order valence-electron chi connectivity index (χ3n) is 3.65. The van der Waals surface area contributed by atoms with Gasteiger partial charge in [-0.25, -0.2) is 9.97 Å². The summed E-state index contributed by atoms with van der Waals surface area (Å²) in [6, 6.07) is 0. The minimum atomic E-state index is 0.783. The summed E-state index contributed by atoms with van der Waals surface area (Å²) < 4.78 is 1.85. The number of aryl methyl sites for hydroxylation is 2. The van der Waals surface area contributed by atoms with E-state index < -0.39 is 0 Å². The average Bonchev–Trinajstić information content (AvgIpc) is 2.96. The van der Waals surface area contributed by atoms with E-state index in [0.29, 0.717) is 0 Å². The predicted octanol–water partition coefficient (Wildman–Crippen LogP) is 1.72. The Balaban J connectivity index is 2.16. The van der Waals surface area contributed by atoms with Gasteiger partial charge in [-0.3, -0.25) is 4.68 Å². The molecule has 5 nitrogen and oxygen atoms in total. The van der Waals surface area contributed by atoms with Crippen LogP contribution in [0.25, 0.3) is 11.4 Å². The standard InChI is InChI=1S/C13H17N5/c1-8-10(7-15-18(8)3)13-16-11-6-4-5-9(11)12(14-2)17-13/h7H,4-6H2,1-3H3,(H,14,16,17). The van der Waals surface area contributed by atoms with E-state index in [0.717, 1.165) is 35.7 Å². The van der Waals surface area contributed by atoms with E-state index in [1.165, 1.54) is 17.7 Å². The van der Waals surface area contributed by atoms with Crippen molar-refractivity contribution in [2.75, 3.05) is 12.4 Å². The van der Waals surface area contributed by atoms with Crippen molar-refractivity contribution in [3.8, 4) is 11.4 Å². The van der Waals surface area contributed by atoms with E-state index in [4.69, 9.17) is 4.98 Å². The summed E-state index contributed by atoms with van der Waals surface area (Å²) in [4.78, 5) is 9.33. The largest absolute Gasteiger partial charge is 0.373 e. The molecule has 0 atom stereocenters. The Hall–Kier alpha value is -1.91. The van der Waals surface area contributed by atoms with Crippen molar-refractivity contribution in [2.24, 2.45) is 7.05 Å². The second-order valence-electron chi connectivity index (χ2n) is 4.69. The molecule has 1 aliphatic carbocycles. The van der Waals surface area contributed by atoms with Gasteiger partial charge in [0.25, 0.3) is 0 Å². The molecule has 5 heteroatoms. The molecule has 94 valence electrons. The Morgan fingerprint density at radius 1 is 1.28 bits per heavy atom. The van der Waals surface area contributed by atoms with Crippen LogP contribution in [0.2, 0.25) is 0 Å². The van der Waals surface area contributed by atoms with Crippen molar-refractivity contribution in [1.82, 2.24) is 19.7 Å². The van der Waals surface area contributed by atoms with Crippen molar-refractivity contribution >= 4 is 5.82 Å². The van der Waals surface area contributed by atoms with Gasteiger partial charge in [0.05, 0.1) is 11.8 Å². The number of rotatable bonds is 2. The fourth-order valence-corrected chi connectivity index (χ4v) is 2.48.